The Morgan fingerprint density at radius 3 is 2.50 bits per heavy atom. The van der Waals surface area contributed by atoms with E-state index >= 15 is 0 Å². The molecule has 1 aliphatic rings. The molecule has 0 spiro atoms. The number of hydrogen-bond donors (Lipinski definition) is 1. The van der Waals surface area contributed by atoms with Gasteiger partial charge in [-0.05, 0) is 37.1 Å². The van der Waals surface area contributed by atoms with Crippen molar-refractivity contribution in [2.75, 3.05) is 42.3 Å². The summed E-state index contributed by atoms with van der Waals surface area (Å²) in [5.41, 5.74) is 1.96. The lowest BCUT2D eigenvalue weighted by Gasteiger charge is -2.16. The normalized spacial score (nSPS) is 13.9. The molecule has 2 aromatic rings. The molecule has 0 bridgehead atoms. The molecule has 0 saturated carbocycles. The van der Waals surface area contributed by atoms with Crippen LogP contribution in [0.3, 0.4) is 0 Å². The van der Waals surface area contributed by atoms with Crippen LogP contribution in [-0.2, 0) is 0 Å². The molecule has 3 rings (SSSR count). The average molecular weight is 346 g/mol. The van der Waals surface area contributed by atoms with Crippen molar-refractivity contribution in [2.45, 2.75) is 12.8 Å². The first-order chi connectivity index (χ1) is 11.5. The van der Waals surface area contributed by atoms with Crippen LogP contribution in [0.5, 0.6) is 0 Å². The SMILES string of the molecule is CN(C)c1ccc(NC(=O)c2nc(N3CCCC3)ncc2Cl)cc1. The molecule has 1 N–H and O–H groups in total. The van der Waals surface area contributed by atoms with Gasteiger partial charge >= 0.3 is 0 Å². The van der Waals surface area contributed by atoms with Crippen LogP contribution in [0.1, 0.15) is 23.3 Å². The molecule has 1 fully saturated rings. The fraction of sp³-hybridized carbons (Fsp3) is 0.353. The number of benzene rings is 1. The molecule has 2 heterocycles. The molecule has 6 nitrogen and oxygen atoms in total. The van der Waals surface area contributed by atoms with E-state index in [0.717, 1.165) is 31.6 Å². The highest BCUT2D eigenvalue weighted by Gasteiger charge is 2.19. The summed E-state index contributed by atoms with van der Waals surface area (Å²) in [5.74, 6) is 0.227. The largest absolute Gasteiger partial charge is 0.378 e. The third kappa shape index (κ3) is 3.59. The first-order valence-corrected chi connectivity index (χ1v) is 8.28. The summed E-state index contributed by atoms with van der Waals surface area (Å²) in [4.78, 5) is 25.2. The zero-order valence-corrected chi connectivity index (χ0v) is 14.5. The predicted molar refractivity (Wildman–Crippen MR) is 97.2 cm³/mol. The molecular weight excluding hydrogens is 326 g/mol. The van der Waals surface area contributed by atoms with E-state index in [9.17, 15) is 4.79 Å². The van der Waals surface area contributed by atoms with Crippen molar-refractivity contribution in [3.05, 3.63) is 41.2 Å². The third-order valence-electron chi connectivity index (χ3n) is 3.98. The predicted octanol–water partition coefficient (Wildman–Crippen LogP) is 3.05. The molecule has 7 heteroatoms. The lowest BCUT2D eigenvalue weighted by Crippen LogP contribution is -2.23. The van der Waals surface area contributed by atoms with Crippen LogP contribution in [0.25, 0.3) is 0 Å². The highest BCUT2D eigenvalue weighted by atomic mass is 35.5. The Balaban J connectivity index is 1.77. The van der Waals surface area contributed by atoms with Gasteiger partial charge in [0.05, 0.1) is 11.2 Å². The minimum Gasteiger partial charge on any atom is -0.378 e. The fourth-order valence-electron chi connectivity index (χ4n) is 2.62. The number of nitrogens with one attached hydrogen (secondary N) is 1. The van der Waals surface area contributed by atoms with Crippen molar-refractivity contribution in [1.82, 2.24) is 9.97 Å². The molecule has 0 unspecified atom stereocenters. The van der Waals surface area contributed by atoms with Gasteiger partial charge in [-0.1, -0.05) is 11.6 Å². The maximum absolute atomic E-state index is 12.5. The van der Waals surface area contributed by atoms with Crippen LogP contribution < -0.4 is 15.1 Å². The Kier molecular flexibility index (Phi) is 4.85. The number of halogens is 1. The number of carbonyl (C=O) groups excluding carboxylic acids is 1. The van der Waals surface area contributed by atoms with E-state index in [4.69, 9.17) is 11.6 Å². The van der Waals surface area contributed by atoms with Gasteiger partial charge in [0.2, 0.25) is 5.95 Å². The van der Waals surface area contributed by atoms with Gasteiger partial charge in [0, 0.05) is 38.6 Å². The molecule has 0 aliphatic carbocycles. The number of nitrogens with zero attached hydrogens (tertiary/aromatic N) is 4. The maximum atomic E-state index is 12.5. The smallest absolute Gasteiger partial charge is 0.276 e. The zero-order valence-electron chi connectivity index (χ0n) is 13.8. The maximum Gasteiger partial charge on any atom is 0.276 e. The lowest BCUT2D eigenvalue weighted by molar-refractivity contribution is 0.102. The summed E-state index contributed by atoms with van der Waals surface area (Å²) in [6.07, 6.45) is 3.73. The fourth-order valence-corrected chi connectivity index (χ4v) is 2.80. The number of carbonyl (C=O) groups is 1. The molecule has 0 atom stereocenters. The van der Waals surface area contributed by atoms with Crippen LogP contribution in [-0.4, -0.2) is 43.1 Å². The van der Waals surface area contributed by atoms with Gasteiger partial charge in [-0.15, -0.1) is 0 Å². The molecule has 1 amide bonds. The highest BCUT2D eigenvalue weighted by molar-refractivity contribution is 6.34. The number of amides is 1. The van der Waals surface area contributed by atoms with Gasteiger partial charge in [-0.25, -0.2) is 9.97 Å². The number of hydrogen-bond acceptors (Lipinski definition) is 5. The van der Waals surface area contributed by atoms with Gasteiger partial charge in [-0.2, -0.15) is 0 Å². The Morgan fingerprint density at radius 1 is 1.21 bits per heavy atom. The second-order valence-electron chi connectivity index (χ2n) is 5.96. The summed E-state index contributed by atoms with van der Waals surface area (Å²) in [7, 11) is 3.93. The molecule has 1 saturated heterocycles. The van der Waals surface area contributed by atoms with E-state index in [0.29, 0.717) is 11.6 Å². The summed E-state index contributed by atoms with van der Waals surface area (Å²) in [5, 5.41) is 3.08. The second kappa shape index (κ2) is 7.05. The van der Waals surface area contributed by atoms with Gasteiger partial charge in [0.1, 0.15) is 0 Å². The minimum atomic E-state index is -0.333. The van der Waals surface area contributed by atoms with Crippen molar-refractivity contribution in [1.29, 1.82) is 0 Å². The Bertz CT molecular complexity index is 726. The summed E-state index contributed by atoms with van der Waals surface area (Å²) >= 11 is 6.12. The molecule has 1 aromatic heterocycles. The standard InChI is InChI=1S/C17H20ClN5O/c1-22(2)13-7-5-12(6-8-13)20-16(24)15-14(18)11-19-17(21-15)23-9-3-4-10-23/h5-8,11H,3-4,9-10H2,1-2H3,(H,20,24). The van der Waals surface area contributed by atoms with E-state index in [1.54, 1.807) is 0 Å². The first-order valence-electron chi connectivity index (χ1n) is 7.91. The lowest BCUT2D eigenvalue weighted by atomic mass is 10.2. The average Bonchev–Trinajstić information content (AvgIpc) is 3.10. The summed E-state index contributed by atoms with van der Waals surface area (Å²) in [6.45, 7) is 1.82. The molecule has 1 aromatic carbocycles. The Morgan fingerprint density at radius 2 is 1.88 bits per heavy atom. The zero-order chi connectivity index (χ0) is 17.1. The van der Waals surface area contributed by atoms with Crippen molar-refractivity contribution in [3.8, 4) is 0 Å². The number of anilines is 3. The topological polar surface area (TPSA) is 61.4 Å². The molecule has 0 radical (unpaired) electrons. The van der Waals surface area contributed by atoms with Crippen molar-refractivity contribution in [2.24, 2.45) is 0 Å². The Hall–Kier alpha value is -2.34. The molecular formula is C17H20ClN5O. The third-order valence-corrected chi connectivity index (χ3v) is 4.25. The number of aromatic nitrogens is 2. The van der Waals surface area contributed by atoms with Gasteiger partial charge < -0.3 is 15.1 Å². The quantitative estimate of drug-likeness (QED) is 0.922. The van der Waals surface area contributed by atoms with Gasteiger partial charge in [0.15, 0.2) is 5.69 Å². The van der Waals surface area contributed by atoms with E-state index < -0.39 is 0 Å². The Labute approximate surface area is 146 Å². The number of rotatable bonds is 4. The van der Waals surface area contributed by atoms with Crippen LogP contribution in [0.15, 0.2) is 30.5 Å². The molecule has 126 valence electrons. The highest BCUT2D eigenvalue weighted by Crippen LogP contribution is 2.21. The minimum absolute atomic E-state index is 0.199. The van der Waals surface area contributed by atoms with Crippen LogP contribution in [0, 0.1) is 0 Å². The summed E-state index contributed by atoms with van der Waals surface area (Å²) < 4.78 is 0. The van der Waals surface area contributed by atoms with E-state index in [2.05, 4.69) is 20.2 Å². The van der Waals surface area contributed by atoms with E-state index in [1.807, 2.05) is 43.3 Å². The monoisotopic (exact) mass is 345 g/mol. The van der Waals surface area contributed by atoms with Crippen LogP contribution in [0.2, 0.25) is 5.02 Å². The van der Waals surface area contributed by atoms with Crippen LogP contribution >= 0.6 is 11.6 Å². The van der Waals surface area contributed by atoms with Crippen LogP contribution in [0.4, 0.5) is 17.3 Å². The molecule has 1 aliphatic heterocycles. The first kappa shape index (κ1) is 16.5. The van der Waals surface area contributed by atoms with Gasteiger partial charge in [-0.3, -0.25) is 4.79 Å². The molecule has 24 heavy (non-hydrogen) atoms. The second-order valence-corrected chi connectivity index (χ2v) is 6.36. The summed E-state index contributed by atoms with van der Waals surface area (Å²) in [6, 6.07) is 7.58. The van der Waals surface area contributed by atoms with E-state index in [1.165, 1.54) is 6.20 Å². The van der Waals surface area contributed by atoms with E-state index in [-0.39, 0.29) is 16.6 Å². The van der Waals surface area contributed by atoms with Crippen molar-refractivity contribution in [3.63, 3.8) is 0 Å². The van der Waals surface area contributed by atoms with Gasteiger partial charge in [0.25, 0.3) is 5.91 Å². The van der Waals surface area contributed by atoms with Crippen molar-refractivity contribution < 1.29 is 4.79 Å². The van der Waals surface area contributed by atoms with Crippen molar-refractivity contribution >= 4 is 34.8 Å².